The Hall–Kier alpha value is -0.580. The lowest BCUT2D eigenvalue weighted by Gasteiger charge is -2.21. The Kier molecular flexibility index (Phi) is 6.68. The van der Waals surface area contributed by atoms with E-state index in [-0.39, 0.29) is 23.3 Å². The van der Waals surface area contributed by atoms with Crippen molar-refractivity contribution in [3.8, 4) is 0 Å². The molecule has 104 valence electrons. The molecular formula is C13H22BrNO3. The van der Waals surface area contributed by atoms with Crippen LogP contribution >= 0.6 is 15.9 Å². The van der Waals surface area contributed by atoms with Crippen LogP contribution in [0, 0.1) is 5.92 Å². The van der Waals surface area contributed by atoms with Gasteiger partial charge in [0.05, 0.1) is 5.33 Å². The second kappa shape index (κ2) is 7.77. The average Bonchev–Trinajstić information content (AvgIpc) is 2.80. The fourth-order valence-corrected chi connectivity index (χ4v) is 2.33. The van der Waals surface area contributed by atoms with Gasteiger partial charge in [-0.2, -0.15) is 0 Å². The van der Waals surface area contributed by atoms with E-state index in [9.17, 15) is 9.59 Å². The molecule has 1 atom stereocenters. The minimum Gasteiger partial charge on any atom is -0.461 e. The van der Waals surface area contributed by atoms with Crippen molar-refractivity contribution in [3.63, 3.8) is 0 Å². The number of esters is 1. The van der Waals surface area contributed by atoms with E-state index in [1.165, 1.54) is 0 Å². The molecule has 1 amide bonds. The number of ether oxygens (including phenoxy) is 1. The van der Waals surface area contributed by atoms with Gasteiger partial charge in [0.15, 0.2) is 0 Å². The third-order valence-electron chi connectivity index (χ3n) is 3.03. The highest BCUT2D eigenvalue weighted by molar-refractivity contribution is 9.09. The first-order chi connectivity index (χ1) is 8.52. The first-order valence-electron chi connectivity index (χ1n) is 6.58. The molecule has 1 fully saturated rings. The molecule has 1 rings (SSSR count). The van der Waals surface area contributed by atoms with E-state index < -0.39 is 6.04 Å². The van der Waals surface area contributed by atoms with Crippen LogP contribution in [0.25, 0.3) is 0 Å². The van der Waals surface area contributed by atoms with Crippen molar-refractivity contribution in [2.45, 2.75) is 58.1 Å². The number of nitrogens with one attached hydrogen (secondary N) is 1. The Labute approximate surface area is 117 Å². The molecule has 1 saturated carbocycles. The summed E-state index contributed by atoms with van der Waals surface area (Å²) in [4.78, 5) is 23.4. The lowest BCUT2D eigenvalue weighted by molar-refractivity contribution is -0.153. The lowest BCUT2D eigenvalue weighted by atomic mass is 10.0. The maximum atomic E-state index is 12.0. The molecule has 0 saturated heterocycles. The Bertz CT molecular complexity index is 288. The fourth-order valence-electron chi connectivity index (χ4n) is 2.17. The van der Waals surface area contributed by atoms with Gasteiger partial charge in [0, 0.05) is 0 Å². The fraction of sp³-hybridized carbons (Fsp3) is 0.846. The van der Waals surface area contributed by atoms with Crippen molar-refractivity contribution in [2.75, 3.05) is 5.33 Å². The first kappa shape index (κ1) is 15.5. The molecule has 0 unspecified atom stereocenters. The Morgan fingerprint density at radius 3 is 2.44 bits per heavy atom. The first-order valence-corrected chi connectivity index (χ1v) is 7.71. The van der Waals surface area contributed by atoms with Crippen LogP contribution in [0.2, 0.25) is 0 Å². The normalized spacial score (nSPS) is 17.8. The molecule has 0 bridgehead atoms. The topological polar surface area (TPSA) is 55.4 Å². The average molecular weight is 320 g/mol. The number of hydrogen-bond donors (Lipinski definition) is 1. The maximum Gasteiger partial charge on any atom is 0.328 e. The molecule has 0 aromatic heterocycles. The second-order valence-electron chi connectivity index (χ2n) is 5.23. The summed E-state index contributed by atoms with van der Waals surface area (Å²) in [6.45, 7) is 4.05. The van der Waals surface area contributed by atoms with Crippen molar-refractivity contribution in [1.29, 1.82) is 0 Å². The van der Waals surface area contributed by atoms with Crippen LogP contribution in [0.5, 0.6) is 0 Å². The van der Waals surface area contributed by atoms with E-state index in [0.717, 1.165) is 25.7 Å². The summed E-state index contributed by atoms with van der Waals surface area (Å²) in [6, 6.07) is -0.518. The predicted molar refractivity (Wildman–Crippen MR) is 73.5 cm³/mol. The molecule has 1 N–H and O–H groups in total. The zero-order valence-electron chi connectivity index (χ0n) is 11.1. The molecule has 0 radical (unpaired) electrons. The van der Waals surface area contributed by atoms with E-state index in [1.807, 2.05) is 13.8 Å². The van der Waals surface area contributed by atoms with Gasteiger partial charge in [-0.05, 0) is 38.0 Å². The summed E-state index contributed by atoms with van der Waals surface area (Å²) in [5.41, 5.74) is 0. The minimum atomic E-state index is -0.518. The SMILES string of the molecule is CC(C)C[C@H](NC(=O)CBr)C(=O)OC1CCCC1. The molecule has 1 aliphatic rings. The molecule has 0 heterocycles. The molecule has 0 aromatic carbocycles. The molecule has 18 heavy (non-hydrogen) atoms. The maximum absolute atomic E-state index is 12.0. The van der Waals surface area contributed by atoms with E-state index in [1.54, 1.807) is 0 Å². The molecule has 0 spiro atoms. The van der Waals surface area contributed by atoms with Crippen molar-refractivity contribution in [3.05, 3.63) is 0 Å². The quantitative estimate of drug-likeness (QED) is 0.604. The van der Waals surface area contributed by atoms with Gasteiger partial charge < -0.3 is 10.1 Å². The lowest BCUT2D eigenvalue weighted by Crippen LogP contribution is -2.44. The third kappa shape index (κ3) is 5.38. The standard InChI is InChI=1S/C13H22BrNO3/c1-9(2)7-11(15-12(16)8-14)13(17)18-10-5-3-4-6-10/h9-11H,3-8H2,1-2H3,(H,15,16)/t11-/m0/s1. The Balaban J connectivity index is 2.50. The van der Waals surface area contributed by atoms with E-state index in [2.05, 4.69) is 21.2 Å². The molecule has 1 aliphatic carbocycles. The highest BCUT2D eigenvalue weighted by atomic mass is 79.9. The van der Waals surface area contributed by atoms with Crippen LogP contribution in [-0.4, -0.2) is 29.4 Å². The predicted octanol–water partition coefficient (Wildman–Crippen LogP) is 2.40. The number of carbonyl (C=O) groups is 2. The van der Waals surface area contributed by atoms with E-state index in [0.29, 0.717) is 12.3 Å². The summed E-state index contributed by atoms with van der Waals surface area (Å²) < 4.78 is 5.45. The van der Waals surface area contributed by atoms with Gasteiger partial charge in [-0.25, -0.2) is 4.79 Å². The smallest absolute Gasteiger partial charge is 0.328 e. The highest BCUT2D eigenvalue weighted by Crippen LogP contribution is 2.22. The third-order valence-corrected chi connectivity index (χ3v) is 3.54. The number of amides is 1. The van der Waals surface area contributed by atoms with Crippen LogP contribution in [0.3, 0.4) is 0 Å². The summed E-state index contributed by atoms with van der Waals surface area (Å²) in [5.74, 6) is -0.129. The van der Waals surface area contributed by atoms with Crippen LogP contribution < -0.4 is 5.32 Å². The van der Waals surface area contributed by atoms with Crippen molar-refractivity contribution in [2.24, 2.45) is 5.92 Å². The highest BCUT2D eigenvalue weighted by Gasteiger charge is 2.27. The summed E-state index contributed by atoms with van der Waals surface area (Å²) in [6.07, 6.45) is 4.82. The summed E-state index contributed by atoms with van der Waals surface area (Å²) in [7, 11) is 0. The van der Waals surface area contributed by atoms with Gasteiger partial charge in [-0.3, -0.25) is 4.79 Å². The van der Waals surface area contributed by atoms with Crippen molar-refractivity contribution in [1.82, 2.24) is 5.32 Å². The molecule has 4 nitrogen and oxygen atoms in total. The van der Waals surface area contributed by atoms with Crippen molar-refractivity contribution < 1.29 is 14.3 Å². The van der Waals surface area contributed by atoms with Gasteiger partial charge in [0.1, 0.15) is 12.1 Å². The van der Waals surface area contributed by atoms with Gasteiger partial charge in [0.25, 0.3) is 0 Å². The van der Waals surface area contributed by atoms with Crippen LogP contribution in [0.4, 0.5) is 0 Å². The van der Waals surface area contributed by atoms with Gasteiger partial charge in [0.2, 0.25) is 5.91 Å². The van der Waals surface area contributed by atoms with E-state index in [4.69, 9.17) is 4.74 Å². The molecular weight excluding hydrogens is 298 g/mol. The van der Waals surface area contributed by atoms with Crippen LogP contribution in [0.15, 0.2) is 0 Å². The molecule has 0 aromatic rings. The number of rotatable bonds is 6. The Morgan fingerprint density at radius 1 is 1.33 bits per heavy atom. The Morgan fingerprint density at radius 2 is 1.94 bits per heavy atom. The number of alkyl halides is 1. The molecule has 5 heteroatoms. The monoisotopic (exact) mass is 319 g/mol. The zero-order chi connectivity index (χ0) is 13.5. The van der Waals surface area contributed by atoms with Crippen LogP contribution in [0.1, 0.15) is 46.0 Å². The van der Waals surface area contributed by atoms with E-state index >= 15 is 0 Å². The molecule has 0 aliphatic heterocycles. The number of halogens is 1. The minimum absolute atomic E-state index is 0.0491. The van der Waals surface area contributed by atoms with Gasteiger partial charge in [-0.15, -0.1) is 0 Å². The van der Waals surface area contributed by atoms with Gasteiger partial charge in [-0.1, -0.05) is 29.8 Å². The van der Waals surface area contributed by atoms with Crippen LogP contribution in [-0.2, 0) is 14.3 Å². The van der Waals surface area contributed by atoms with Crippen molar-refractivity contribution >= 4 is 27.8 Å². The summed E-state index contributed by atoms with van der Waals surface area (Å²) in [5, 5.41) is 2.92. The summed E-state index contributed by atoms with van der Waals surface area (Å²) >= 11 is 3.08. The number of carbonyl (C=O) groups excluding carboxylic acids is 2. The van der Waals surface area contributed by atoms with Gasteiger partial charge >= 0.3 is 5.97 Å². The largest absolute Gasteiger partial charge is 0.461 e. The second-order valence-corrected chi connectivity index (χ2v) is 5.79. The zero-order valence-corrected chi connectivity index (χ0v) is 12.7. The number of hydrogen-bond acceptors (Lipinski definition) is 3.